The lowest BCUT2D eigenvalue weighted by molar-refractivity contribution is -0.144. The molecule has 1 fully saturated rings. The lowest BCUT2D eigenvalue weighted by atomic mass is 9.88. The largest absolute Gasteiger partial charge is 0.480 e. The van der Waals surface area contributed by atoms with Crippen LogP contribution in [0.5, 0.6) is 0 Å². The van der Waals surface area contributed by atoms with Crippen molar-refractivity contribution in [3.8, 4) is 0 Å². The number of carbonyl (C=O) groups is 2. The number of rotatable bonds is 3. The minimum absolute atomic E-state index is 0.281. The van der Waals surface area contributed by atoms with Gasteiger partial charge in [-0.25, -0.2) is 4.79 Å². The molecule has 2 atom stereocenters. The van der Waals surface area contributed by atoms with Crippen molar-refractivity contribution in [3.63, 3.8) is 0 Å². The third-order valence-electron chi connectivity index (χ3n) is 4.06. The molecule has 6 heteroatoms. The zero-order valence-electron chi connectivity index (χ0n) is 11.9. The zero-order chi connectivity index (χ0) is 15.6. The van der Waals surface area contributed by atoms with Crippen molar-refractivity contribution in [2.24, 2.45) is 5.92 Å². The SMILES string of the molecule is CCC1CCN(C(=O)c2cc(N)ccc2Br)C(C(=O)O)C1. The van der Waals surface area contributed by atoms with Crippen molar-refractivity contribution in [2.75, 3.05) is 12.3 Å². The van der Waals surface area contributed by atoms with E-state index in [1.54, 1.807) is 18.2 Å². The number of piperidine rings is 1. The predicted molar refractivity (Wildman–Crippen MR) is 84.0 cm³/mol. The Morgan fingerprint density at radius 2 is 2.19 bits per heavy atom. The number of carbonyl (C=O) groups excluding carboxylic acids is 1. The van der Waals surface area contributed by atoms with E-state index in [-0.39, 0.29) is 5.91 Å². The summed E-state index contributed by atoms with van der Waals surface area (Å²) in [6, 6.07) is 4.22. The van der Waals surface area contributed by atoms with Gasteiger partial charge in [0.2, 0.25) is 0 Å². The van der Waals surface area contributed by atoms with E-state index in [2.05, 4.69) is 22.9 Å². The summed E-state index contributed by atoms with van der Waals surface area (Å²) in [5.41, 5.74) is 6.62. The molecular formula is C15H19BrN2O3. The van der Waals surface area contributed by atoms with Gasteiger partial charge in [-0.15, -0.1) is 0 Å². The fourth-order valence-electron chi connectivity index (χ4n) is 2.75. The van der Waals surface area contributed by atoms with Crippen LogP contribution in [0.3, 0.4) is 0 Å². The summed E-state index contributed by atoms with van der Waals surface area (Å²) in [6.07, 6.45) is 2.29. The maximum atomic E-state index is 12.7. The molecule has 3 N–H and O–H groups in total. The zero-order valence-corrected chi connectivity index (χ0v) is 13.5. The lowest BCUT2D eigenvalue weighted by Crippen LogP contribution is -2.50. The number of hydrogen-bond acceptors (Lipinski definition) is 3. The highest BCUT2D eigenvalue weighted by Crippen LogP contribution is 2.29. The number of halogens is 1. The van der Waals surface area contributed by atoms with E-state index in [9.17, 15) is 14.7 Å². The van der Waals surface area contributed by atoms with E-state index in [1.807, 2.05) is 0 Å². The topological polar surface area (TPSA) is 83.6 Å². The van der Waals surface area contributed by atoms with Crippen LogP contribution in [0.25, 0.3) is 0 Å². The molecule has 0 bridgehead atoms. The van der Waals surface area contributed by atoms with Gasteiger partial charge >= 0.3 is 5.97 Å². The Bertz CT molecular complexity index is 562. The number of benzene rings is 1. The highest BCUT2D eigenvalue weighted by molar-refractivity contribution is 9.10. The average molecular weight is 355 g/mol. The van der Waals surface area contributed by atoms with Crippen LogP contribution in [0.2, 0.25) is 0 Å². The number of aliphatic carboxylic acids is 1. The molecule has 0 aliphatic carbocycles. The Labute approximate surface area is 132 Å². The molecule has 1 aliphatic heterocycles. The van der Waals surface area contributed by atoms with E-state index in [0.717, 1.165) is 12.8 Å². The van der Waals surface area contributed by atoms with Crippen LogP contribution in [0.4, 0.5) is 5.69 Å². The molecule has 0 aromatic heterocycles. The van der Waals surface area contributed by atoms with Crippen LogP contribution in [0.1, 0.15) is 36.5 Å². The van der Waals surface area contributed by atoms with Crippen LogP contribution >= 0.6 is 15.9 Å². The minimum atomic E-state index is -0.943. The summed E-state index contributed by atoms with van der Waals surface area (Å²) in [4.78, 5) is 25.6. The number of nitrogen functional groups attached to an aromatic ring is 1. The van der Waals surface area contributed by atoms with Gasteiger partial charge in [-0.3, -0.25) is 4.79 Å². The second-order valence-corrected chi connectivity index (χ2v) is 6.24. The van der Waals surface area contributed by atoms with Gasteiger partial charge in [0.15, 0.2) is 0 Å². The number of carboxylic acids is 1. The van der Waals surface area contributed by atoms with Crippen molar-refractivity contribution >= 4 is 33.5 Å². The number of likely N-dealkylation sites (tertiary alicyclic amines) is 1. The van der Waals surface area contributed by atoms with Gasteiger partial charge in [0.1, 0.15) is 6.04 Å². The second-order valence-electron chi connectivity index (χ2n) is 5.39. The van der Waals surface area contributed by atoms with Crippen LogP contribution in [0, 0.1) is 5.92 Å². The Morgan fingerprint density at radius 3 is 2.81 bits per heavy atom. The van der Waals surface area contributed by atoms with Gasteiger partial charge in [-0.05, 0) is 52.9 Å². The normalized spacial score (nSPS) is 22.1. The van der Waals surface area contributed by atoms with E-state index in [0.29, 0.717) is 34.6 Å². The van der Waals surface area contributed by atoms with Crippen LogP contribution in [-0.2, 0) is 4.79 Å². The first-order chi connectivity index (χ1) is 9.93. The van der Waals surface area contributed by atoms with Crippen molar-refractivity contribution in [1.82, 2.24) is 4.90 Å². The van der Waals surface area contributed by atoms with E-state index < -0.39 is 12.0 Å². The monoisotopic (exact) mass is 354 g/mol. The predicted octanol–water partition coefficient (Wildman–Crippen LogP) is 2.75. The molecular weight excluding hydrogens is 336 g/mol. The summed E-state index contributed by atoms with van der Waals surface area (Å²) in [6.45, 7) is 2.52. The summed E-state index contributed by atoms with van der Waals surface area (Å²) in [5.74, 6) is -0.864. The highest BCUT2D eigenvalue weighted by atomic mass is 79.9. The van der Waals surface area contributed by atoms with E-state index >= 15 is 0 Å². The maximum Gasteiger partial charge on any atom is 0.326 e. The number of nitrogens with two attached hydrogens (primary N) is 1. The third-order valence-corrected chi connectivity index (χ3v) is 4.75. The first-order valence-electron chi connectivity index (χ1n) is 7.02. The standard InChI is InChI=1S/C15H19BrN2O3/c1-2-9-5-6-18(13(7-9)15(20)21)14(19)11-8-10(17)3-4-12(11)16/h3-4,8-9,13H,2,5-7,17H2,1H3,(H,20,21). The minimum Gasteiger partial charge on any atom is -0.480 e. The molecule has 1 saturated heterocycles. The molecule has 2 unspecified atom stereocenters. The number of nitrogens with zero attached hydrogens (tertiary/aromatic N) is 1. The first-order valence-corrected chi connectivity index (χ1v) is 7.82. The van der Waals surface area contributed by atoms with Gasteiger partial charge in [0, 0.05) is 16.7 Å². The van der Waals surface area contributed by atoms with Crippen LogP contribution in [0.15, 0.2) is 22.7 Å². The smallest absolute Gasteiger partial charge is 0.326 e. The van der Waals surface area contributed by atoms with E-state index in [1.165, 1.54) is 4.90 Å². The third kappa shape index (κ3) is 3.37. The fourth-order valence-corrected chi connectivity index (χ4v) is 3.16. The molecule has 1 aromatic rings. The maximum absolute atomic E-state index is 12.7. The van der Waals surface area contributed by atoms with Gasteiger partial charge in [0.05, 0.1) is 5.56 Å². The molecule has 5 nitrogen and oxygen atoms in total. The first kappa shape index (κ1) is 15.8. The molecule has 2 rings (SSSR count). The highest BCUT2D eigenvalue weighted by Gasteiger charge is 2.36. The molecule has 1 aromatic carbocycles. The Morgan fingerprint density at radius 1 is 1.48 bits per heavy atom. The van der Waals surface area contributed by atoms with Gasteiger partial charge in [0.25, 0.3) is 5.91 Å². The molecule has 0 saturated carbocycles. The molecule has 1 heterocycles. The molecule has 0 radical (unpaired) electrons. The number of hydrogen-bond donors (Lipinski definition) is 2. The van der Waals surface area contributed by atoms with Crippen molar-refractivity contribution in [3.05, 3.63) is 28.2 Å². The second kappa shape index (κ2) is 6.47. The molecule has 1 aliphatic rings. The van der Waals surface area contributed by atoms with Crippen LogP contribution < -0.4 is 5.73 Å². The Balaban J connectivity index is 2.28. The van der Waals surface area contributed by atoms with Crippen molar-refractivity contribution in [2.45, 2.75) is 32.2 Å². The van der Waals surface area contributed by atoms with Gasteiger partial charge in [-0.2, -0.15) is 0 Å². The summed E-state index contributed by atoms with van der Waals surface area (Å²) >= 11 is 3.33. The lowest BCUT2D eigenvalue weighted by Gasteiger charge is -2.37. The summed E-state index contributed by atoms with van der Waals surface area (Å²) in [7, 11) is 0. The number of anilines is 1. The molecule has 114 valence electrons. The average Bonchev–Trinajstić information content (AvgIpc) is 2.48. The summed E-state index contributed by atoms with van der Waals surface area (Å²) in [5, 5.41) is 9.41. The quantitative estimate of drug-likeness (QED) is 0.817. The Kier molecular flexibility index (Phi) is 4.88. The summed E-state index contributed by atoms with van der Waals surface area (Å²) < 4.78 is 0.628. The molecule has 0 spiro atoms. The molecule has 1 amide bonds. The van der Waals surface area contributed by atoms with Gasteiger partial charge in [-0.1, -0.05) is 13.3 Å². The van der Waals surface area contributed by atoms with Crippen molar-refractivity contribution in [1.29, 1.82) is 0 Å². The number of amides is 1. The van der Waals surface area contributed by atoms with Gasteiger partial charge < -0.3 is 15.7 Å². The molecule has 21 heavy (non-hydrogen) atoms. The van der Waals surface area contributed by atoms with Crippen LogP contribution in [-0.4, -0.2) is 34.5 Å². The van der Waals surface area contributed by atoms with E-state index in [4.69, 9.17) is 5.73 Å². The Hall–Kier alpha value is -1.56. The van der Waals surface area contributed by atoms with Crippen molar-refractivity contribution < 1.29 is 14.7 Å². The number of carboxylic acid groups (broad SMARTS) is 1. The fraction of sp³-hybridized carbons (Fsp3) is 0.467.